The molecule has 0 unspecified atom stereocenters. The van der Waals surface area contributed by atoms with Crippen molar-refractivity contribution in [1.29, 1.82) is 0 Å². The first-order chi connectivity index (χ1) is 8.42. The van der Waals surface area contributed by atoms with Crippen LogP contribution in [0.4, 0.5) is 5.95 Å². The summed E-state index contributed by atoms with van der Waals surface area (Å²) in [6, 6.07) is 12.1. The fraction of sp³-hybridized carbons (Fsp3) is 0.0769. The van der Waals surface area contributed by atoms with E-state index in [2.05, 4.69) is 32.4 Å². The minimum atomic E-state index is 0.642. The van der Waals surface area contributed by atoms with Gasteiger partial charge in [-0.25, -0.2) is 4.98 Å². The zero-order valence-electron chi connectivity index (χ0n) is 9.22. The second-order valence-corrected chi connectivity index (χ2v) is 3.81. The van der Waals surface area contributed by atoms with Crippen LogP contribution in [0.15, 0.2) is 48.8 Å². The van der Waals surface area contributed by atoms with E-state index in [1.807, 2.05) is 36.7 Å². The molecular weight excluding hydrogens is 212 g/mol. The summed E-state index contributed by atoms with van der Waals surface area (Å²) in [4.78, 5) is 11.7. The van der Waals surface area contributed by atoms with E-state index >= 15 is 0 Å². The molecule has 4 nitrogen and oxygen atoms in total. The largest absolute Gasteiger partial charge is 0.350 e. The Morgan fingerprint density at radius 2 is 2.00 bits per heavy atom. The number of hydrogen-bond acceptors (Lipinski definition) is 3. The summed E-state index contributed by atoms with van der Waals surface area (Å²) < 4.78 is 0. The van der Waals surface area contributed by atoms with Gasteiger partial charge in [-0.2, -0.15) is 4.98 Å². The lowest BCUT2D eigenvalue weighted by Crippen LogP contribution is -2.03. The van der Waals surface area contributed by atoms with Crippen LogP contribution in [0.3, 0.4) is 0 Å². The number of fused-ring (bicyclic) bond motifs is 1. The van der Waals surface area contributed by atoms with Crippen molar-refractivity contribution < 1.29 is 0 Å². The Kier molecular flexibility index (Phi) is 2.46. The standard InChI is InChI=1S/C13H12N4/c1-2-4-10(5-3-1)8-15-13-16-9-11-6-7-14-12(11)17-13/h1-7,9H,8H2,(H2,14,15,16,17). The second-order valence-electron chi connectivity index (χ2n) is 3.81. The topological polar surface area (TPSA) is 53.6 Å². The van der Waals surface area contributed by atoms with Crippen LogP contribution in [0.2, 0.25) is 0 Å². The van der Waals surface area contributed by atoms with Gasteiger partial charge in [-0.05, 0) is 11.6 Å². The van der Waals surface area contributed by atoms with Crippen LogP contribution in [0.1, 0.15) is 5.56 Å². The number of H-pyrrole nitrogens is 1. The molecule has 2 heterocycles. The van der Waals surface area contributed by atoms with Crippen molar-refractivity contribution in [2.75, 3.05) is 5.32 Å². The van der Waals surface area contributed by atoms with E-state index in [9.17, 15) is 0 Å². The highest BCUT2D eigenvalue weighted by atomic mass is 15.1. The molecule has 17 heavy (non-hydrogen) atoms. The molecule has 0 fully saturated rings. The van der Waals surface area contributed by atoms with Gasteiger partial charge in [0.1, 0.15) is 5.65 Å². The van der Waals surface area contributed by atoms with Crippen molar-refractivity contribution in [3.05, 3.63) is 54.4 Å². The molecule has 0 aliphatic heterocycles. The Bertz CT molecular complexity index is 615. The molecular formula is C13H12N4. The van der Waals surface area contributed by atoms with E-state index in [-0.39, 0.29) is 0 Å². The lowest BCUT2D eigenvalue weighted by molar-refractivity contribution is 1.07. The van der Waals surface area contributed by atoms with Gasteiger partial charge < -0.3 is 10.3 Å². The molecule has 0 saturated carbocycles. The maximum Gasteiger partial charge on any atom is 0.224 e. The van der Waals surface area contributed by atoms with Crippen LogP contribution in [-0.4, -0.2) is 15.0 Å². The van der Waals surface area contributed by atoms with Crippen molar-refractivity contribution >= 4 is 17.0 Å². The zero-order valence-corrected chi connectivity index (χ0v) is 9.22. The zero-order chi connectivity index (χ0) is 11.5. The van der Waals surface area contributed by atoms with Crippen molar-refractivity contribution in [2.24, 2.45) is 0 Å². The first-order valence-corrected chi connectivity index (χ1v) is 5.50. The van der Waals surface area contributed by atoms with Crippen LogP contribution in [0.5, 0.6) is 0 Å². The third kappa shape index (κ3) is 2.10. The Hall–Kier alpha value is -2.36. The molecule has 3 rings (SSSR count). The Morgan fingerprint density at radius 1 is 1.12 bits per heavy atom. The molecule has 0 atom stereocenters. The highest BCUT2D eigenvalue weighted by molar-refractivity contribution is 5.75. The molecule has 0 aliphatic carbocycles. The molecule has 3 aromatic rings. The molecule has 0 aliphatic rings. The predicted octanol–water partition coefficient (Wildman–Crippen LogP) is 2.57. The van der Waals surface area contributed by atoms with Gasteiger partial charge in [-0.1, -0.05) is 30.3 Å². The van der Waals surface area contributed by atoms with Crippen LogP contribution in [0, 0.1) is 0 Å². The van der Waals surface area contributed by atoms with Crippen molar-refractivity contribution in [3.8, 4) is 0 Å². The quantitative estimate of drug-likeness (QED) is 0.719. The van der Waals surface area contributed by atoms with Gasteiger partial charge >= 0.3 is 0 Å². The number of aromatic nitrogens is 3. The van der Waals surface area contributed by atoms with E-state index in [1.165, 1.54) is 5.56 Å². The average molecular weight is 224 g/mol. The molecule has 0 radical (unpaired) electrons. The van der Waals surface area contributed by atoms with Crippen molar-refractivity contribution in [1.82, 2.24) is 15.0 Å². The molecule has 2 N–H and O–H groups in total. The van der Waals surface area contributed by atoms with Gasteiger partial charge in [0.15, 0.2) is 0 Å². The number of nitrogens with zero attached hydrogens (tertiary/aromatic N) is 2. The van der Waals surface area contributed by atoms with Gasteiger partial charge in [0.05, 0.1) is 0 Å². The molecule has 0 saturated heterocycles. The Labute approximate surface area is 98.7 Å². The average Bonchev–Trinajstić information content (AvgIpc) is 2.85. The van der Waals surface area contributed by atoms with Gasteiger partial charge in [0.25, 0.3) is 0 Å². The van der Waals surface area contributed by atoms with Crippen LogP contribution in [0.25, 0.3) is 11.0 Å². The summed E-state index contributed by atoms with van der Waals surface area (Å²) in [5.74, 6) is 0.642. The second kappa shape index (κ2) is 4.25. The molecule has 1 aromatic carbocycles. The SMILES string of the molecule is c1ccc(CNc2ncc3cc[nH]c3n2)cc1. The minimum Gasteiger partial charge on any atom is -0.350 e. The molecule has 0 amide bonds. The number of anilines is 1. The van der Waals surface area contributed by atoms with Crippen molar-refractivity contribution in [2.45, 2.75) is 6.54 Å². The maximum atomic E-state index is 4.37. The van der Waals surface area contributed by atoms with Crippen LogP contribution < -0.4 is 5.32 Å². The summed E-state index contributed by atoms with van der Waals surface area (Å²) in [5, 5.41) is 4.22. The molecule has 2 aromatic heterocycles. The first kappa shape index (κ1) is 9.84. The van der Waals surface area contributed by atoms with Gasteiger partial charge in [0, 0.05) is 24.3 Å². The third-order valence-corrected chi connectivity index (χ3v) is 2.59. The van der Waals surface area contributed by atoms with Crippen LogP contribution in [-0.2, 0) is 6.54 Å². The summed E-state index contributed by atoms with van der Waals surface area (Å²) in [7, 11) is 0. The van der Waals surface area contributed by atoms with E-state index in [4.69, 9.17) is 0 Å². The van der Waals surface area contributed by atoms with Crippen molar-refractivity contribution in [3.63, 3.8) is 0 Å². The highest BCUT2D eigenvalue weighted by Gasteiger charge is 1.99. The number of rotatable bonds is 3. The van der Waals surface area contributed by atoms with Gasteiger partial charge in [-0.3, -0.25) is 0 Å². The Morgan fingerprint density at radius 3 is 2.88 bits per heavy atom. The summed E-state index contributed by atoms with van der Waals surface area (Å²) in [6.45, 7) is 0.729. The summed E-state index contributed by atoms with van der Waals surface area (Å²) in [6.07, 6.45) is 3.67. The first-order valence-electron chi connectivity index (χ1n) is 5.50. The fourth-order valence-corrected chi connectivity index (χ4v) is 1.70. The number of benzene rings is 1. The minimum absolute atomic E-state index is 0.642. The summed E-state index contributed by atoms with van der Waals surface area (Å²) in [5.41, 5.74) is 2.07. The lowest BCUT2D eigenvalue weighted by Gasteiger charge is -2.04. The fourth-order valence-electron chi connectivity index (χ4n) is 1.70. The molecule has 0 spiro atoms. The normalized spacial score (nSPS) is 10.6. The van der Waals surface area contributed by atoms with E-state index in [0.717, 1.165) is 17.6 Å². The van der Waals surface area contributed by atoms with E-state index in [1.54, 1.807) is 0 Å². The molecule has 4 heteroatoms. The molecule has 84 valence electrons. The summed E-state index contributed by atoms with van der Waals surface area (Å²) >= 11 is 0. The lowest BCUT2D eigenvalue weighted by atomic mass is 10.2. The van der Waals surface area contributed by atoms with Crippen LogP contribution >= 0.6 is 0 Å². The van der Waals surface area contributed by atoms with E-state index in [0.29, 0.717) is 5.95 Å². The number of nitrogens with one attached hydrogen (secondary N) is 2. The van der Waals surface area contributed by atoms with Gasteiger partial charge in [-0.15, -0.1) is 0 Å². The highest BCUT2D eigenvalue weighted by Crippen LogP contribution is 2.10. The van der Waals surface area contributed by atoms with Gasteiger partial charge in [0.2, 0.25) is 5.95 Å². The maximum absolute atomic E-state index is 4.37. The molecule has 0 bridgehead atoms. The monoisotopic (exact) mass is 224 g/mol. The number of hydrogen-bond donors (Lipinski definition) is 2. The van der Waals surface area contributed by atoms with E-state index < -0.39 is 0 Å². The third-order valence-electron chi connectivity index (χ3n) is 2.59. The Balaban J connectivity index is 1.76. The number of aromatic amines is 1. The smallest absolute Gasteiger partial charge is 0.224 e. The predicted molar refractivity (Wildman–Crippen MR) is 67.7 cm³/mol.